The smallest absolute Gasteiger partial charge is 0.417 e. The van der Waals surface area contributed by atoms with Gasteiger partial charge in [-0.15, -0.1) is 0 Å². The molecule has 3 saturated heterocycles. The summed E-state index contributed by atoms with van der Waals surface area (Å²) >= 11 is 5.77. The van der Waals surface area contributed by atoms with Crippen LogP contribution in [0.5, 0.6) is 5.75 Å². The molecule has 7 rings (SSSR count). The van der Waals surface area contributed by atoms with Crippen molar-refractivity contribution in [2.45, 2.75) is 89.1 Å². The zero-order valence-electron chi connectivity index (χ0n) is 33.8. The largest absolute Gasteiger partial charge is 0.492 e. The van der Waals surface area contributed by atoms with Crippen molar-refractivity contribution in [3.05, 3.63) is 77.4 Å². The Hall–Kier alpha value is -5.57. The van der Waals surface area contributed by atoms with E-state index in [0.717, 1.165) is 47.7 Å². The maximum atomic E-state index is 13.8. The van der Waals surface area contributed by atoms with Gasteiger partial charge in [-0.1, -0.05) is 6.07 Å². The van der Waals surface area contributed by atoms with Crippen molar-refractivity contribution in [2.75, 3.05) is 53.2 Å². The van der Waals surface area contributed by atoms with Crippen molar-refractivity contribution >= 4 is 63.7 Å². The van der Waals surface area contributed by atoms with Crippen molar-refractivity contribution in [3.8, 4) is 11.8 Å². The summed E-state index contributed by atoms with van der Waals surface area (Å²) in [6.45, 7) is 10.3. The Bertz CT molecular complexity index is 2260. The lowest BCUT2D eigenvalue weighted by Crippen LogP contribution is -2.58. The number of piperidine rings is 1. The predicted molar refractivity (Wildman–Crippen MR) is 224 cm³/mol. The molecule has 0 bridgehead atoms. The molecule has 3 aromatic carbocycles. The Morgan fingerprint density at radius 1 is 0.967 bits per heavy atom. The number of nitrogens with one attached hydrogen (secondary N) is 3. The van der Waals surface area contributed by atoms with E-state index in [1.54, 1.807) is 49.1 Å². The van der Waals surface area contributed by atoms with Gasteiger partial charge < -0.3 is 20.3 Å². The number of piperazine rings is 1. The summed E-state index contributed by atoms with van der Waals surface area (Å²) in [7, 11) is 0. The number of benzene rings is 3. The molecule has 0 aromatic heterocycles. The average molecular weight is 845 g/mol. The second-order valence-corrected chi connectivity index (χ2v) is 16.8. The highest BCUT2D eigenvalue weighted by Gasteiger charge is 2.51. The van der Waals surface area contributed by atoms with E-state index in [4.69, 9.17) is 17.0 Å². The number of imide groups is 1. The minimum atomic E-state index is -4.80. The van der Waals surface area contributed by atoms with E-state index in [-0.39, 0.29) is 59.5 Å². The van der Waals surface area contributed by atoms with E-state index in [0.29, 0.717) is 43.2 Å². The summed E-state index contributed by atoms with van der Waals surface area (Å²) in [6, 6.07) is 17.2. The highest BCUT2D eigenvalue weighted by Crippen LogP contribution is 2.47. The predicted octanol–water partition coefficient (Wildman–Crippen LogP) is 6.00. The van der Waals surface area contributed by atoms with Crippen LogP contribution in [0.2, 0.25) is 0 Å². The third-order valence-corrected chi connectivity index (χ3v) is 11.9. The molecule has 17 heteroatoms. The molecule has 1 unspecified atom stereocenters. The number of nitriles is 1. The Balaban J connectivity index is 0.947. The quantitative estimate of drug-likeness (QED) is 0.146. The SMILES string of the molecule is C[C@@H]1CN(CC(=O)Nc2cccc(NC3CCC(=O)NC3=O)c2)[C@H](C)CN1CCOc1ccc(N2C(=S)N(c3ccc(C#N)c(C(F)(F)F)c3)C(=O)C2(C)C)cc1C1CC1. The molecule has 4 aliphatic rings. The minimum absolute atomic E-state index is 0.0338. The highest BCUT2D eigenvalue weighted by molar-refractivity contribution is 7.81. The molecular formula is C43H47F3N8O5S. The van der Waals surface area contributed by atoms with Crippen LogP contribution in [0.25, 0.3) is 0 Å². The third kappa shape index (κ3) is 8.96. The zero-order chi connectivity index (χ0) is 43.1. The van der Waals surface area contributed by atoms with Crippen molar-refractivity contribution < 1.29 is 37.1 Å². The maximum absolute atomic E-state index is 13.8. The number of ether oxygens (including phenoxy) is 1. The first-order valence-corrected chi connectivity index (χ1v) is 20.4. The Kier molecular flexibility index (Phi) is 11.9. The Morgan fingerprint density at radius 2 is 1.67 bits per heavy atom. The Morgan fingerprint density at radius 3 is 2.37 bits per heavy atom. The maximum Gasteiger partial charge on any atom is 0.417 e. The van der Waals surface area contributed by atoms with Gasteiger partial charge in [0.2, 0.25) is 17.7 Å². The van der Waals surface area contributed by atoms with E-state index < -0.39 is 34.8 Å². The van der Waals surface area contributed by atoms with Gasteiger partial charge >= 0.3 is 6.18 Å². The van der Waals surface area contributed by atoms with E-state index in [2.05, 4.69) is 39.6 Å². The number of thiocarbonyl (C=S) groups is 1. The molecule has 1 saturated carbocycles. The molecule has 0 radical (unpaired) electrons. The van der Waals surface area contributed by atoms with Crippen LogP contribution < -0.4 is 30.5 Å². The molecule has 3 atom stereocenters. The molecule has 3 heterocycles. The molecular weight excluding hydrogens is 798 g/mol. The number of hydrogen-bond acceptors (Lipinski definition) is 10. The summed E-state index contributed by atoms with van der Waals surface area (Å²) in [5.41, 5.74) is -0.0977. The van der Waals surface area contributed by atoms with Crippen LogP contribution >= 0.6 is 12.2 Å². The van der Waals surface area contributed by atoms with E-state index in [9.17, 15) is 37.6 Å². The lowest BCUT2D eigenvalue weighted by molar-refractivity contribution is -0.138. The fourth-order valence-electron chi connectivity index (χ4n) is 8.16. The van der Waals surface area contributed by atoms with Gasteiger partial charge in [0.25, 0.3) is 5.91 Å². The fraction of sp³-hybridized carbons (Fsp3) is 0.442. The second-order valence-electron chi connectivity index (χ2n) is 16.4. The van der Waals surface area contributed by atoms with Gasteiger partial charge in [0.15, 0.2) is 5.11 Å². The second kappa shape index (κ2) is 16.8. The van der Waals surface area contributed by atoms with Gasteiger partial charge in [0, 0.05) is 55.2 Å². The topological polar surface area (TPSA) is 150 Å². The zero-order valence-corrected chi connectivity index (χ0v) is 34.6. The number of halogens is 3. The molecule has 4 amide bonds. The standard InChI is InChI=1S/C43H47F3N8O5S/c1-25-23-52(24-38(56)49-30-7-5-6-29(18-30)48-35-13-15-37(55)50-39(35)57)26(2)22-51(25)16-17-59-36-14-12-32(19-33(36)27-8-9-27)54-41(60)53(40(58)42(54,3)4)31-11-10-28(21-47)34(20-31)43(44,45)46/h5-7,10-12,14,18-20,25-27,35,48H,8-9,13,15-17,22-24H2,1-4H3,(H,49,56)(H,50,55,57)/t25-,26-,35?/m1/s1. The number of carbonyl (C=O) groups is 4. The normalized spacial score (nSPS) is 22.4. The van der Waals surface area contributed by atoms with E-state index in [1.165, 1.54) is 6.07 Å². The van der Waals surface area contributed by atoms with Crippen LogP contribution in [0.3, 0.4) is 0 Å². The van der Waals surface area contributed by atoms with Crippen molar-refractivity contribution in [1.82, 2.24) is 15.1 Å². The van der Waals surface area contributed by atoms with Crippen LogP contribution in [-0.2, 0) is 25.4 Å². The van der Waals surface area contributed by atoms with Gasteiger partial charge in [-0.25, -0.2) is 0 Å². The van der Waals surface area contributed by atoms with Crippen molar-refractivity contribution in [2.24, 2.45) is 0 Å². The number of alkyl halides is 3. The molecule has 1 aliphatic carbocycles. The number of carbonyl (C=O) groups excluding carboxylic acids is 4. The molecule has 4 fully saturated rings. The van der Waals surface area contributed by atoms with Gasteiger partial charge in [0.1, 0.15) is 23.9 Å². The summed E-state index contributed by atoms with van der Waals surface area (Å²) < 4.78 is 47.9. The first-order valence-electron chi connectivity index (χ1n) is 20.0. The van der Waals surface area contributed by atoms with Crippen LogP contribution in [0.1, 0.15) is 76.0 Å². The van der Waals surface area contributed by atoms with Gasteiger partial charge in [-0.2, -0.15) is 18.4 Å². The lowest BCUT2D eigenvalue weighted by Gasteiger charge is -2.43. The van der Waals surface area contributed by atoms with E-state index in [1.807, 2.05) is 18.2 Å². The van der Waals surface area contributed by atoms with Crippen molar-refractivity contribution in [1.29, 1.82) is 5.26 Å². The minimum Gasteiger partial charge on any atom is -0.492 e. The number of anilines is 4. The summed E-state index contributed by atoms with van der Waals surface area (Å²) in [6.07, 6.45) is -2.19. The summed E-state index contributed by atoms with van der Waals surface area (Å²) in [5.74, 6) is -0.310. The first kappa shape index (κ1) is 42.6. The number of rotatable bonds is 12. The highest BCUT2D eigenvalue weighted by atomic mass is 32.1. The molecule has 0 spiro atoms. The van der Waals surface area contributed by atoms with Crippen LogP contribution in [0.15, 0.2) is 60.7 Å². The van der Waals surface area contributed by atoms with Gasteiger partial charge in [0.05, 0.1) is 29.4 Å². The summed E-state index contributed by atoms with van der Waals surface area (Å²) in [4.78, 5) is 57.9. The fourth-order valence-corrected chi connectivity index (χ4v) is 8.68. The molecule has 13 nitrogen and oxygen atoms in total. The number of nitrogens with zero attached hydrogens (tertiary/aromatic N) is 5. The van der Waals surface area contributed by atoms with Crippen molar-refractivity contribution in [3.63, 3.8) is 0 Å². The van der Waals surface area contributed by atoms with Crippen LogP contribution in [0, 0.1) is 11.3 Å². The average Bonchev–Trinajstić information content (AvgIpc) is 4.01. The Labute approximate surface area is 351 Å². The van der Waals surface area contributed by atoms with Gasteiger partial charge in [-0.05, 0) is 125 Å². The number of hydrogen-bond donors (Lipinski definition) is 3. The lowest BCUT2D eigenvalue weighted by atomic mass is 10.0. The third-order valence-electron chi connectivity index (χ3n) is 11.6. The van der Waals surface area contributed by atoms with E-state index >= 15 is 0 Å². The van der Waals surface area contributed by atoms with Gasteiger partial charge in [-0.3, -0.25) is 39.2 Å². The first-order chi connectivity index (χ1) is 28.4. The number of amides is 4. The molecule has 3 aliphatic heterocycles. The van der Waals surface area contributed by atoms with Crippen LogP contribution in [-0.4, -0.2) is 95.0 Å². The molecule has 3 aromatic rings. The molecule has 3 N–H and O–H groups in total. The molecule has 60 heavy (non-hydrogen) atoms. The van der Waals surface area contributed by atoms with Crippen LogP contribution in [0.4, 0.5) is 35.9 Å². The summed E-state index contributed by atoms with van der Waals surface area (Å²) in [5, 5.41) is 17.8. The monoisotopic (exact) mass is 844 g/mol. The molecule has 316 valence electrons.